The largest absolute Gasteiger partial charge is 0.494 e. The van der Waals surface area contributed by atoms with Gasteiger partial charge in [-0.15, -0.1) is 0 Å². The molecule has 12 heteroatoms. The number of hydrogen-bond donors (Lipinski definition) is 4. The summed E-state index contributed by atoms with van der Waals surface area (Å²) in [6.45, 7) is 4.98. The Morgan fingerprint density at radius 2 is 1.00 bits per heavy atom. The van der Waals surface area contributed by atoms with E-state index < -0.39 is 35.0 Å². The van der Waals surface area contributed by atoms with Crippen LogP contribution >= 0.6 is 23.2 Å². The molecule has 4 aromatic rings. The van der Waals surface area contributed by atoms with E-state index in [1.165, 1.54) is 0 Å². The molecule has 0 spiro atoms. The van der Waals surface area contributed by atoms with Gasteiger partial charge in [0.15, 0.2) is 11.6 Å². The number of fused-ring (bicyclic) bond motifs is 4. The van der Waals surface area contributed by atoms with Crippen molar-refractivity contribution < 1.29 is 48.8 Å². The number of ether oxygens (including phenoxy) is 6. The van der Waals surface area contributed by atoms with Gasteiger partial charge in [-0.3, -0.25) is 0 Å². The fraction of sp³-hybridized carbons (Fsp3) is 0.455. The molecule has 0 aliphatic carbocycles. The first kappa shape index (κ1) is 40.9. The Labute approximate surface area is 337 Å². The summed E-state index contributed by atoms with van der Waals surface area (Å²) in [7, 11) is 0. The average Bonchev–Trinajstić information content (AvgIpc) is 3.74. The lowest BCUT2D eigenvalue weighted by molar-refractivity contribution is -0.254. The zero-order valence-electron chi connectivity index (χ0n) is 31.7. The molecule has 0 saturated carbocycles. The lowest BCUT2D eigenvalue weighted by Gasteiger charge is -2.40. The van der Waals surface area contributed by atoms with Crippen LogP contribution in [-0.2, 0) is 43.4 Å². The average molecular weight is 810 g/mol. The zero-order valence-corrected chi connectivity index (χ0v) is 33.2. The SMILES string of the molecule is CCOc1ccc(Cc2cc([C@]34CC[C@H](O)[C@](CO)(CO3)O4)ccc2Cl)cc1.CCOc1ccc(Cc2cc([C@]34CC[C@H](O)[C@](CO)(CO3)O4)ccc2Cl)cc1. The molecule has 4 aliphatic heterocycles. The molecule has 4 heterocycles. The zero-order chi connectivity index (χ0) is 39.6. The van der Waals surface area contributed by atoms with Gasteiger partial charge in [-0.2, -0.15) is 0 Å². The fourth-order valence-corrected chi connectivity index (χ4v) is 8.39. The van der Waals surface area contributed by atoms with Gasteiger partial charge in [0, 0.05) is 34.0 Å². The predicted molar refractivity (Wildman–Crippen MR) is 211 cm³/mol. The Hall–Kier alpha value is -3.26. The van der Waals surface area contributed by atoms with Gasteiger partial charge < -0.3 is 48.8 Å². The van der Waals surface area contributed by atoms with Crippen LogP contribution in [0.15, 0.2) is 84.9 Å². The van der Waals surface area contributed by atoms with E-state index in [1.54, 1.807) is 0 Å². The van der Waals surface area contributed by atoms with E-state index in [2.05, 4.69) is 0 Å². The van der Waals surface area contributed by atoms with Crippen molar-refractivity contribution in [3.63, 3.8) is 0 Å². The molecule has 0 amide bonds. The molecule has 300 valence electrons. The highest BCUT2D eigenvalue weighted by atomic mass is 35.5. The van der Waals surface area contributed by atoms with Gasteiger partial charge in [0.1, 0.15) is 22.7 Å². The number of rotatable bonds is 12. The number of benzene rings is 4. The molecule has 4 N–H and O–H groups in total. The molecular weight excluding hydrogens is 759 g/mol. The standard InChI is InChI=1S/2C22H25ClO5/c2*1-2-26-18-6-3-15(4-7-18)11-16-12-17(5-8-19(16)23)22-10-9-20(25)21(13-24,28-22)14-27-22/h2*3-8,12,20,24-25H,2,9-11,13-14H2,1H3/t2*20-,21-,22+/m00/s1. The van der Waals surface area contributed by atoms with E-state index in [0.29, 0.717) is 61.8 Å². The third kappa shape index (κ3) is 8.07. The summed E-state index contributed by atoms with van der Waals surface area (Å²) in [6.07, 6.45) is 1.95. The van der Waals surface area contributed by atoms with E-state index in [9.17, 15) is 20.4 Å². The van der Waals surface area contributed by atoms with Crippen LogP contribution in [0.4, 0.5) is 0 Å². The molecule has 10 nitrogen and oxygen atoms in total. The van der Waals surface area contributed by atoms with Crippen LogP contribution in [0.2, 0.25) is 10.0 Å². The highest BCUT2D eigenvalue weighted by Gasteiger charge is 2.60. The van der Waals surface area contributed by atoms with Gasteiger partial charge in [0.25, 0.3) is 0 Å². The topological polar surface area (TPSA) is 136 Å². The number of hydrogen-bond acceptors (Lipinski definition) is 10. The monoisotopic (exact) mass is 808 g/mol. The molecule has 4 bridgehead atoms. The van der Waals surface area contributed by atoms with Gasteiger partial charge >= 0.3 is 0 Å². The van der Waals surface area contributed by atoms with Crippen LogP contribution in [0.3, 0.4) is 0 Å². The van der Waals surface area contributed by atoms with E-state index in [0.717, 1.165) is 44.9 Å². The summed E-state index contributed by atoms with van der Waals surface area (Å²) in [6, 6.07) is 27.5. The van der Waals surface area contributed by atoms with Crippen LogP contribution in [0.5, 0.6) is 11.5 Å². The minimum atomic E-state index is -1.05. The van der Waals surface area contributed by atoms with Crippen LogP contribution < -0.4 is 9.47 Å². The minimum absolute atomic E-state index is 0.168. The van der Waals surface area contributed by atoms with E-state index >= 15 is 0 Å². The molecular formula is C44H50Cl2O10. The van der Waals surface area contributed by atoms with Crippen LogP contribution in [0.25, 0.3) is 0 Å². The Bertz CT molecular complexity index is 1820. The van der Waals surface area contributed by atoms with Gasteiger partial charge in [-0.25, -0.2) is 0 Å². The molecule has 4 saturated heterocycles. The van der Waals surface area contributed by atoms with Crippen LogP contribution in [0, 0.1) is 0 Å². The number of aliphatic hydroxyl groups excluding tert-OH is 4. The van der Waals surface area contributed by atoms with Crippen molar-refractivity contribution in [2.45, 2.75) is 87.4 Å². The Morgan fingerprint density at radius 3 is 1.36 bits per heavy atom. The fourth-order valence-electron chi connectivity index (χ4n) is 8.02. The van der Waals surface area contributed by atoms with Crippen molar-refractivity contribution in [3.05, 3.63) is 128 Å². The van der Waals surface area contributed by atoms with Crippen LogP contribution in [-0.4, -0.2) is 83.5 Å². The lowest BCUT2D eigenvalue weighted by Crippen LogP contribution is -2.52. The molecule has 4 aliphatic rings. The summed E-state index contributed by atoms with van der Waals surface area (Å²) >= 11 is 12.9. The smallest absolute Gasteiger partial charge is 0.196 e. The van der Waals surface area contributed by atoms with Crippen LogP contribution in [0.1, 0.15) is 72.9 Å². The molecule has 6 atom stereocenters. The molecule has 8 rings (SSSR count). The Balaban J connectivity index is 0.000000172. The van der Waals surface area contributed by atoms with Crippen molar-refractivity contribution in [2.75, 3.05) is 39.6 Å². The Morgan fingerprint density at radius 1 is 0.607 bits per heavy atom. The second-order valence-corrected chi connectivity index (χ2v) is 15.8. The first-order chi connectivity index (χ1) is 27.0. The predicted octanol–water partition coefficient (Wildman–Crippen LogP) is 6.83. The van der Waals surface area contributed by atoms with E-state index in [4.69, 9.17) is 51.6 Å². The van der Waals surface area contributed by atoms with Gasteiger partial charge in [0.05, 0.1) is 51.8 Å². The van der Waals surface area contributed by atoms with Crippen molar-refractivity contribution in [2.24, 2.45) is 0 Å². The normalized spacial score (nSPS) is 29.1. The summed E-state index contributed by atoms with van der Waals surface area (Å²) in [5.41, 5.74) is 3.81. The van der Waals surface area contributed by atoms with E-state index in [-0.39, 0.29) is 26.4 Å². The summed E-state index contributed by atoms with van der Waals surface area (Å²) in [5.74, 6) is -0.196. The first-order valence-electron chi connectivity index (χ1n) is 19.3. The maximum atomic E-state index is 10.3. The van der Waals surface area contributed by atoms with Crippen molar-refractivity contribution >= 4 is 23.2 Å². The third-order valence-corrected chi connectivity index (χ3v) is 12.0. The second kappa shape index (κ2) is 16.9. The summed E-state index contributed by atoms with van der Waals surface area (Å²) < 4.78 is 35.2. The highest BCUT2D eigenvalue weighted by Crippen LogP contribution is 2.51. The molecule has 0 unspecified atom stereocenters. The van der Waals surface area contributed by atoms with Crippen molar-refractivity contribution in [1.82, 2.24) is 0 Å². The van der Waals surface area contributed by atoms with Gasteiger partial charge in [-0.1, -0.05) is 59.6 Å². The summed E-state index contributed by atoms with van der Waals surface area (Å²) in [4.78, 5) is 0. The molecule has 0 radical (unpaired) electrons. The lowest BCUT2D eigenvalue weighted by atomic mass is 9.87. The number of aliphatic hydroxyl groups is 4. The van der Waals surface area contributed by atoms with Gasteiger partial charge in [0.2, 0.25) is 0 Å². The molecule has 4 fully saturated rings. The summed E-state index contributed by atoms with van der Waals surface area (Å²) in [5, 5.41) is 41.4. The molecule has 56 heavy (non-hydrogen) atoms. The maximum absolute atomic E-state index is 10.3. The van der Waals surface area contributed by atoms with Crippen molar-refractivity contribution in [1.29, 1.82) is 0 Å². The highest BCUT2D eigenvalue weighted by molar-refractivity contribution is 6.31. The van der Waals surface area contributed by atoms with Gasteiger partial charge in [-0.05, 0) is 110 Å². The first-order valence-corrected chi connectivity index (χ1v) is 20.0. The number of halogens is 2. The quantitative estimate of drug-likeness (QED) is 0.121. The second-order valence-electron chi connectivity index (χ2n) is 15.0. The minimum Gasteiger partial charge on any atom is -0.494 e. The van der Waals surface area contributed by atoms with Crippen molar-refractivity contribution in [3.8, 4) is 11.5 Å². The Kier molecular flexibility index (Phi) is 12.4. The maximum Gasteiger partial charge on any atom is 0.196 e. The third-order valence-electron chi connectivity index (χ3n) is 11.3. The molecule has 4 aromatic carbocycles. The van der Waals surface area contributed by atoms with E-state index in [1.807, 2.05) is 98.8 Å². The molecule has 0 aromatic heterocycles.